The predicted molar refractivity (Wildman–Crippen MR) is 74.4 cm³/mol. The second kappa shape index (κ2) is 6.05. The number of aromatic nitrogens is 3. The highest BCUT2D eigenvalue weighted by Crippen LogP contribution is 2.19. The Balaban J connectivity index is 1.89. The van der Waals surface area contributed by atoms with Crippen LogP contribution in [0.2, 0.25) is 0 Å². The molecule has 104 valence electrons. The highest BCUT2D eigenvalue weighted by atomic mass is 32.2. The number of hydrogen-bond donors (Lipinski definition) is 2. The Labute approximate surface area is 116 Å². The summed E-state index contributed by atoms with van der Waals surface area (Å²) in [6.45, 7) is 3.84. The molecule has 0 aliphatic carbocycles. The number of carbonyl (C=O) groups excluding carboxylic acids is 1. The van der Waals surface area contributed by atoms with Gasteiger partial charge in [-0.05, 0) is 18.8 Å². The van der Waals surface area contributed by atoms with E-state index in [0.29, 0.717) is 16.8 Å². The molecular weight excluding hydrogens is 264 g/mol. The van der Waals surface area contributed by atoms with Crippen LogP contribution in [0.5, 0.6) is 0 Å². The Morgan fingerprint density at radius 2 is 2.05 bits per heavy atom. The molecule has 1 aromatic rings. The molecule has 19 heavy (non-hydrogen) atoms. The van der Waals surface area contributed by atoms with Crippen molar-refractivity contribution in [2.45, 2.75) is 24.9 Å². The van der Waals surface area contributed by atoms with Crippen LogP contribution < -0.4 is 11.5 Å². The SMILES string of the molecule is C[C@@H]1CCCN(C(=O)CSc2nc(N)nc(N)n2)C1. The van der Waals surface area contributed by atoms with Crippen LogP contribution in [0.1, 0.15) is 19.8 Å². The molecule has 1 aliphatic rings. The molecule has 1 aliphatic heterocycles. The van der Waals surface area contributed by atoms with E-state index < -0.39 is 0 Å². The molecule has 0 unspecified atom stereocenters. The number of nitrogen functional groups attached to an aromatic ring is 2. The van der Waals surface area contributed by atoms with E-state index >= 15 is 0 Å². The Morgan fingerprint density at radius 3 is 2.68 bits per heavy atom. The van der Waals surface area contributed by atoms with Crippen LogP contribution in [0.4, 0.5) is 11.9 Å². The summed E-state index contributed by atoms with van der Waals surface area (Å²) >= 11 is 1.24. The minimum Gasteiger partial charge on any atom is -0.368 e. The topological polar surface area (TPSA) is 111 Å². The average molecular weight is 282 g/mol. The average Bonchev–Trinajstić information content (AvgIpc) is 2.35. The number of carbonyl (C=O) groups is 1. The van der Waals surface area contributed by atoms with Gasteiger partial charge in [-0.2, -0.15) is 15.0 Å². The Kier molecular flexibility index (Phi) is 4.41. The zero-order valence-electron chi connectivity index (χ0n) is 10.9. The highest BCUT2D eigenvalue weighted by Gasteiger charge is 2.21. The van der Waals surface area contributed by atoms with Gasteiger partial charge in [0.05, 0.1) is 5.75 Å². The zero-order valence-corrected chi connectivity index (χ0v) is 11.7. The summed E-state index contributed by atoms with van der Waals surface area (Å²) in [5.74, 6) is 1.14. The number of thioether (sulfide) groups is 1. The third-order valence-electron chi connectivity index (χ3n) is 2.98. The summed E-state index contributed by atoms with van der Waals surface area (Å²) in [7, 11) is 0. The molecule has 1 saturated heterocycles. The number of piperidine rings is 1. The lowest BCUT2D eigenvalue weighted by atomic mass is 10.0. The van der Waals surface area contributed by atoms with Gasteiger partial charge in [-0.25, -0.2) is 0 Å². The number of amides is 1. The highest BCUT2D eigenvalue weighted by molar-refractivity contribution is 7.99. The van der Waals surface area contributed by atoms with Crippen molar-refractivity contribution in [1.82, 2.24) is 19.9 Å². The first kappa shape index (κ1) is 13.9. The van der Waals surface area contributed by atoms with E-state index in [9.17, 15) is 4.79 Å². The van der Waals surface area contributed by atoms with Gasteiger partial charge in [-0.1, -0.05) is 18.7 Å². The number of hydrogen-bond acceptors (Lipinski definition) is 7. The van der Waals surface area contributed by atoms with E-state index in [2.05, 4.69) is 21.9 Å². The molecule has 0 bridgehead atoms. The first-order valence-corrected chi connectivity index (χ1v) is 7.20. The maximum absolute atomic E-state index is 12.1. The molecule has 8 heteroatoms. The molecule has 2 rings (SSSR count). The lowest BCUT2D eigenvalue weighted by Crippen LogP contribution is -2.40. The Hall–Kier alpha value is -1.57. The summed E-state index contributed by atoms with van der Waals surface area (Å²) in [6.07, 6.45) is 2.26. The van der Waals surface area contributed by atoms with Crippen LogP contribution in [0, 0.1) is 5.92 Å². The van der Waals surface area contributed by atoms with Crippen molar-refractivity contribution in [3.05, 3.63) is 0 Å². The molecule has 7 nitrogen and oxygen atoms in total. The van der Waals surface area contributed by atoms with E-state index in [0.717, 1.165) is 19.5 Å². The first-order valence-electron chi connectivity index (χ1n) is 6.22. The molecule has 4 N–H and O–H groups in total. The molecule has 0 radical (unpaired) electrons. The molecule has 0 saturated carbocycles. The number of rotatable bonds is 3. The molecule has 1 amide bonds. The van der Waals surface area contributed by atoms with E-state index in [-0.39, 0.29) is 17.8 Å². The van der Waals surface area contributed by atoms with Crippen LogP contribution >= 0.6 is 11.8 Å². The number of nitrogens with two attached hydrogens (primary N) is 2. The van der Waals surface area contributed by atoms with Crippen molar-refractivity contribution >= 4 is 29.6 Å². The maximum atomic E-state index is 12.1. The number of anilines is 2. The standard InChI is InChI=1S/C11H18N6OS/c1-7-3-2-4-17(5-7)8(18)6-19-11-15-9(12)14-10(13)16-11/h7H,2-6H2,1H3,(H4,12,13,14,15,16)/t7-/m1/s1. The van der Waals surface area contributed by atoms with Crippen molar-refractivity contribution in [1.29, 1.82) is 0 Å². The van der Waals surface area contributed by atoms with Crippen molar-refractivity contribution in [2.24, 2.45) is 5.92 Å². The van der Waals surface area contributed by atoms with E-state index in [1.54, 1.807) is 0 Å². The summed E-state index contributed by atoms with van der Waals surface area (Å²) in [5, 5.41) is 0.392. The van der Waals surface area contributed by atoms with Gasteiger partial charge >= 0.3 is 0 Å². The minimum atomic E-state index is 0.0778. The van der Waals surface area contributed by atoms with E-state index in [1.807, 2.05) is 4.90 Å². The van der Waals surface area contributed by atoms with Crippen LogP contribution in [-0.4, -0.2) is 44.6 Å². The summed E-state index contributed by atoms with van der Waals surface area (Å²) in [5.41, 5.74) is 11.0. The quantitative estimate of drug-likeness (QED) is 0.771. The molecule has 1 fully saturated rings. The fourth-order valence-electron chi connectivity index (χ4n) is 2.09. The smallest absolute Gasteiger partial charge is 0.233 e. The molecule has 0 spiro atoms. The maximum Gasteiger partial charge on any atom is 0.233 e. The van der Waals surface area contributed by atoms with Gasteiger partial charge in [0.25, 0.3) is 0 Å². The van der Waals surface area contributed by atoms with Crippen molar-refractivity contribution in [3.8, 4) is 0 Å². The lowest BCUT2D eigenvalue weighted by Gasteiger charge is -2.30. The lowest BCUT2D eigenvalue weighted by molar-refractivity contribution is -0.130. The van der Waals surface area contributed by atoms with Crippen LogP contribution in [-0.2, 0) is 4.79 Å². The second-order valence-electron chi connectivity index (χ2n) is 4.71. The van der Waals surface area contributed by atoms with Crippen molar-refractivity contribution < 1.29 is 4.79 Å². The second-order valence-corrected chi connectivity index (χ2v) is 5.65. The van der Waals surface area contributed by atoms with Gasteiger partial charge in [0.1, 0.15) is 0 Å². The van der Waals surface area contributed by atoms with Gasteiger partial charge in [-0.15, -0.1) is 0 Å². The molecule has 0 aromatic carbocycles. The van der Waals surface area contributed by atoms with Gasteiger partial charge in [-0.3, -0.25) is 4.79 Å². The van der Waals surface area contributed by atoms with E-state index in [4.69, 9.17) is 11.5 Å². The number of nitrogens with zero attached hydrogens (tertiary/aromatic N) is 4. The van der Waals surface area contributed by atoms with Gasteiger partial charge in [0, 0.05) is 13.1 Å². The van der Waals surface area contributed by atoms with E-state index in [1.165, 1.54) is 18.2 Å². The minimum absolute atomic E-state index is 0.0778. The van der Waals surface area contributed by atoms with Crippen molar-refractivity contribution in [2.75, 3.05) is 30.3 Å². The Morgan fingerprint density at radius 1 is 1.37 bits per heavy atom. The summed E-state index contributed by atoms with van der Waals surface area (Å²) in [6, 6.07) is 0. The monoisotopic (exact) mass is 282 g/mol. The van der Waals surface area contributed by atoms with Gasteiger partial charge < -0.3 is 16.4 Å². The molecule has 2 heterocycles. The normalized spacial score (nSPS) is 19.4. The molecule has 1 atom stereocenters. The van der Waals surface area contributed by atoms with Crippen LogP contribution in [0.3, 0.4) is 0 Å². The summed E-state index contributed by atoms with van der Waals surface area (Å²) in [4.78, 5) is 25.5. The molecular formula is C11H18N6OS. The summed E-state index contributed by atoms with van der Waals surface area (Å²) < 4.78 is 0. The van der Waals surface area contributed by atoms with Gasteiger partial charge in [0.15, 0.2) is 5.16 Å². The third kappa shape index (κ3) is 3.95. The first-order chi connectivity index (χ1) is 9.04. The largest absolute Gasteiger partial charge is 0.368 e. The van der Waals surface area contributed by atoms with Crippen LogP contribution in [0.25, 0.3) is 0 Å². The fraction of sp³-hybridized carbons (Fsp3) is 0.636. The fourth-order valence-corrected chi connectivity index (χ4v) is 2.84. The molecule has 1 aromatic heterocycles. The number of likely N-dealkylation sites (tertiary alicyclic amines) is 1. The third-order valence-corrected chi connectivity index (χ3v) is 3.82. The Bertz CT molecular complexity index is 448. The van der Waals surface area contributed by atoms with Crippen molar-refractivity contribution in [3.63, 3.8) is 0 Å². The zero-order chi connectivity index (χ0) is 13.8. The van der Waals surface area contributed by atoms with Gasteiger partial charge in [0.2, 0.25) is 17.8 Å². The predicted octanol–water partition coefficient (Wildman–Crippen LogP) is 0.387. The van der Waals surface area contributed by atoms with Crippen LogP contribution in [0.15, 0.2) is 5.16 Å².